The second-order valence-electron chi connectivity index (χ2n) is 3.06. The highest BCUT2D eigenvalue weighted by Gasteiger charge is 2.48. The Morgan fingerprint density at radius 2 is 2.08 bits per heavy atom. The van der Waals surface area contributed by atoms with Crippen LogP contribution in [0, 0.1) is 5.92 Å². The third kappa shape index (κ3) is 1.16. The van der Waals surface area contributed by atoms with Crippen molar-refractivity contribution >= 4 is 11.8 Å². The minimum Gasteiger partial charge on any atom is -0.369 e. The molecular formula is C7H12N2O3. The van der Waals surface area contributed by atoms with Crippen molar-refractivity contribution in [2.75, 3.05) is 6.61 Å². The molecule has 2 unspecified atom stereocenters. The van der Waals surface area contributed by atoms with E-state index in [0.29, 0.717) is 13.0 Å². The van der Waals surface area contributed by atoms with Crippen molar-refractivity contribution in [1.82, 2.24) is 0 Å². The number of amides is 2. The van der Waals surface area contributed by atoms with E-state index in [1.807, 2.05) is 0 Å². The third-order valence-electron chi connectivity index (χ3n) is 2.31. The van der Waals surface area contributed by atoms with Gasteiger partial charge >= 0.3 is 0 Å². The molecule has 0 aromatic carbocycles. The molecule has 0 aliphatic carbocycles. The molecule has 1 aliphatic rings. The summed E-state index contributed by atoms with van der Waals surface area (Å²) in [6.45, 7) is 1.85. The van der Waals surface area contributed by atoms with Crippen molar-refractivity contribution in [2.24, 2.45) is 17.4 Å². The predicted octanol–water partition coefficient (Wildman–Crippen LogP) is -1.25. The van der Waals surface area contributed by atoms with Gasteiger partial charge in [-0.3, -0.25) is 9.59 Å². The van der Waals surface area contributed by atoms with Crippen LogP contribution >= 0.6 is 0 Å². The van der Waals surface area contributed by atoms with E-state index in [0.717, 1.165) is 0 Å². The zero-order valence-electron chi connectivity index (χ0n) is 6.87. The monoisotopic (exact) mass is 172 g/mol. The lowest BCUT2D eigenvalue weighted by molar-refractivity contribution is -0.144. The van der Waals surface area contributed by atoms with Gasteiger partial charge in [0.15, 0.2) is 5.60 Å². The number of carbonyl (C=O) groups is 2. The summed E-state index contributed by atoms with van der Waals surface area (Å²) in [7, 11) is 0. The summed E-state index contributed by atoms with van der Waals surface area (Å²) in [5.41, 5.74) is 8.97. The number of carbonyl (C=O) groups excluding carboxylic acids is 2. The first-order chi connectivity index (χ1) is 5.48. The second-order valence-corrected chi connectivity index (χ2v) is 3.06. The Hall–Kier alpha value is -1.10. The molecule has 68 valence electrons. The smallest absolute Gasteiger partial charge is 0.250 e. The number of hydrogen-bond donors (Lipinski definition) is 2. The fourth-order valence-corrected chi connectivity index (χ4v) is 1.42. The van der Waals surface area contributed by atoms with E-state index in [2.05, 4.69) is 0 Å². The van der Waals surface area contributed by atoms with Crippen molar-refractivity contribution in [1.29, 1.82) is 0 Å². The van der Waals surface area contributed by atoms with Gasteiger partial charge in [0.2, 0.25) is 11.8 Å². The summed E-state index contributed by atoms with van der Waals surface area (Å²) in [5, 5.41) is 0. The Morgan fingerprint density at radius 3 is 2.42 bits per heavy atom. The van der Waals surface area contributed by atoms with Crippen LogP contribution < -0.4 is 11.5 Å². The standard InChI is InChI=1S/C7H12N2O3/c1-7(6(9)11)4(5(8)10)2-3-12-7/h4H,2-3H2,1H3,(H2,8,10)(H2,9,11). The quantitative estimate of drug-likeness (QED) is 0.544. The summed E-state index contributed by atoms with van der Waals surface area (Å²) in [4.78, 5) is 21.8. The van der Waals surface area contributed by atoms with Crippen LogP contribution in [-0.4, -0.2) is 24.0 Å². The van der Waals surface area contributed by atoms with Gasteiger partial charge < -0.3 is 16.2 Å². The summed E-state index contributed by atoms with van der Waals surface area (Å²) >= 11 is 0. The average Bonchev–Trinajstić information content (AvgIpc) is 2.32. The minimum absolute atomic E-state index is 0.354. The lowest BCUT2D eigenvalue weighted by Gasteiger charge is -2.24. The molecule has 0 saturated carbocycles. The first kappa shape index (κ1) is 8.99. The van der Waals surface area contributed by atoms with Crippen LogP contribution in [0.1, 0.15) is 13.3 Å². The molecule has 5 heteroatoms. The second kappa shape index (κ2) is 2.75. The Balaban J connectivity index is 2.89. The van der Waals surface area contributed by atoms with E-state index in [4.69, 9.17) is 16.2 Å². The van der Waals surface area contributed by atoms with Crippen LogP contribution in [0.5, 0.6) is 0 Å². The van der Waals surface area contributed by atoms with Crippen LogP contribution in [-0.2, 0) is 14.3 Å². The Bertz CT molecular complexity index is 229. The maximum absolute atomic E-state index is 10.9. The van der Waals surface area contributed by atoms with E-state index < -0.39 is 23.3 Å². The molecule has 1 aliphatic heterocycles. The molecule has 2 atom stereocenters. The van der Waals surface area contributed by atoms with E-state index in [9.17, 15) is 9.59 Å². The van der Waals surface area contributed by atoms with Crippen molar-refractivity contribution in [2.45, 2.75) is 18.9 Å². The molecule has 4 N–H and O–H groups in total. The van der Waals surface area contributed by atoms with Gasteiger partial charge in [-0.15, -0.1) is 0 Å². The lowest BCUT2D eigenvalue weighted by atomic mass is 9.88. The van der Waals surface area contributed by atoms with Crippen molar-refractivity contribution in [3.63, 3.8) is 0 Å². The Labute approximate surface area is 70.0 Å². The molecular weight excluding hydrogens is 160 g/mol. The maximum Gasteiger partial charge on any atom is 0.250 e. The van der Waals surface area contributed by atoms with E-state index in [-0.39, 0.29) is 0 Å². The molecule has 0 radical (unpaired) electrons. The van der Waals surface area contributed by atoms with Gasteiger partial charge in [-0.05, 0) is 13.3 Å². The number of ether oxygens (including phenoxy) is 1. The lowest BCUT2D eigenvalue weighted by Crippen LogP contribution is -2.49. The van der Waals surface area contributed by atoms with Gasteiger partial charge in [-0.1, -0.05) is 0 Å². The molecule has 5 nitrogen and oxygen atoms in total. The summed E-state index contributed by atoms with van der Waals surface area (Å²) in [6.07, 6.45) is 0.467. The summed E-state index contributed by atoms with van der Waals surface area (Å²) < 4.78 is 5.10. The van der Waals surface area contributed by atoms with Gasteiger partial charge in [-0.25, -0.2) is 0 Å². The molecule has 0 aromatic heterocycles. The summed E-state index contributed by atoms with van der Waals surface area (Å²) in [6, 6.07) is 0. The van der Waals surface area contributed by atoms with Gasteiger partial charge in [0.05, 0.1) is 5.92 Å². The van der Waals surface area contributed by atoms with E-state index >= 15 is 0 Å². The number of primary amides is 2. The molecule has 1 saturated heterocycles. The van der Waals surface area contributed by atoms with Crippen molar-refractivity contribution in [3.05, 3.63) is 0 Å². The van der Waals surface area contributed by atoms with E-state index in [1.54, 1.807) is 0 Å². The van der Waals surface area contributed by atoms with Crippen LogP contribution in [0.3, 0.4) is 0 Å². The molecule has 1 fully saturated rings. The third-order valence-corrected chi connectivity index (χ3v) is 2.31. The number of nitrogens with two attached hydrogens (primary N) is 2. The minimum atomic E-state index is -1.20. The fraction of sp³-hybridized carbons (Fsp3) is 0.714. The fourth-order valence-electron chi connectivity index (χ4n) is 1.42. The molecule has 0 spiro atoms. The molecule has 1 rings (SSSR count). The average molecular weight is 172 g/mol. The first-order valence-corrected chi connectivity index (χ1v) is 3.71. The first-order valence-electron chi connectivity index (χ1n) is 3.71. The SMILES string of the molecule is CC1(C(N)=O)OCCC1C(N)=O. The van der Waals surface area contributed by atoms with Gasteiger partial charge in [0, 0.05) is 6.61 Å². The molecule has 1 heterocycles. The predicted molar refractivity (Wildman–Crippen MR) is 40.9 cm³/mol. The highest BCUT2D eigenvalue weighted by Crippen LogP contribution is 2.31. The van der Waals surface area contributed by atoms with Gasteiger partial charge in [-0.2, -0.15) is 0 Å². The zero-order chi connectivity index (χ0) is 9.35. The Kier molecular flexibility index (Phi) is 2.06. The molecule has 0 aromatic rings. The molecule has 2 amide bonds. The molecule has 12 heavy (non-hydrogen) atoms. The van der Waals surface area contributed by atoms with Crippen LogP contribution in [0.4, 0.5) is 0 Å². The van der Waals surface area contributed by atoms with Crippen LogP contribution in [0.2, 0.25) is 0 Å². The van der Waals surface area contributed by atoms with Crippen molar-refractivity contribution < 1.29 is 14.3 Å². The van der Waals surface area contributed by atoms with Gasteiger partial charge in [0.1, 0.15) is 0 Å². The maximum atomic E-state index is 10.9. The van der Waals surface area contributed by atoms with Gasteiger partial charge in [0.25, 0.3) is 0 Å². The number of rotatable bonds is 2. The highest BCUT2D eigenvalue weighted by atomic mass is 16.5. The van der Waals surface area contributed by atoms with Crippen LogP contribution in [0.15, 0.2) is 0 Å². The van der Waals surface area contributed by atoms with Crippen LogP contribution in [0.25, 0.3) is 0 Å². The Morgan fingerprint density at radius 1 is 1.50 bits per heavy atom. The normalized spacial score (nSPS) is 34.9. The summed E-state index contributed by atoms with van der Waals surface area (Å²) in [5.74, 6) is -1.76. The topological polar surface area (TPSA) is 95.4 Å². The largest absolute Gasteiger partial charge is 0.369 e. The number of hydrogen-bond acceptors (Lipinski definition) is 3. The highest BCUT2D eigenvalue weighted by molar-refractivity contribution is 5.91. The van der Waals surface area contributed by atoms with E-state index in [1.165, 1.54) is 6.92 Å². The zero-order valence-corrected chi connectivity index (χ0v) is 6.87. The molecule has 0 bridgehead atoms. The van der Waals surface area contributed by atoms with Crippen molar-refractivity contribution in [3.8, 4) is 0 Å².